The third-order valence-electron chi connectivity index (χ3n) is 4.73. The molecule has 1 aliphatic rings. The highest BCUT2D eigenvalue weighted by atomic mass is 32.2. The van der Waals surface area contributed by atoms with E-state index in [0.717, 1.165) is 18.6 Å². The first-order chi connectivity index (χ1) is 12.9. The minimum absolute atomic E-state index is 0.0421. The van der Waals surface area contributed by atoms with Gasteiger partial charge in [-0.05, 0) is 56.7 Å². The Labute approximate surface area is 163 Å². The summed E-state index contributed by atoms with van der Waals surface area (Å²) in [7, 11) is -3.12. The zero-order valence-corrected chi connectivity index (χ0v) is 17.3. The summed E-state index contributed by atoms with van der Waals surface area (Å²) >= 11 is 0. The average molecular weight is 397 g/mol. The van der Waals surface area contributed by atoms with Gasteiger partial charge in [0.25, 0.3) is 0 Å². The normalized spacial score (nSPS) is 16.2. The Morgan fingerprint density at radius 2 is 2.00 bits per heavy atom. The second-order valence-corrected chi connectivity index (χ2v) is 9.27. The van der Waals surface area contributed by atoms with Gasteiger partial charge in [0.2, 0.25) is 15.9 Å². The Morgan fingerprint density at radius 3 is 2.67 bits per heavy atom. The van der Waals surface area contributed by atoms with E-state index >= 15 is 0 Å². The molecule has 0 aromatic heterocycles. The molecule has 152 valence electrons. The van der Waals surface area contributed by atoms with E-state index in [-0.39, 0.29) is 17.7 Å². The molecule has 1 heterocycles. The number of unbranched alkanes of at least 4 members (excludes halogenated alkanes) is 1. The van der Waals surface area contributed by atoms with Crippen molar-refractivity contribution in [2.45, 2.75) is 58.4 Å². The fourth-order valence-electron chi connectivity index (χ4n) is 3.25. The van der Waals surface area contributed by atoms with Gasteiger partial charge in [0, 0.05) is 25.6 Å². The third kappa shape index (κ3) is 7.50. The number of rotatable bonds is 10. The molecule has 1 saturated heterocycles. The van der Waals surface area contributed by atoms with Gasteiger partial charge in [0.15, 0.2) is 0 Å². The van der Waals surface area contributed by atoms with Crippen molar-refractivity contribution >= 4 is 15.9 Å². The lowest BCUT2D eigenvalue weighted by Crippen LogP contribution is -2.47. The van der Waals surface area contributed by atoms with Crippen LogP contribution in [0.3, 0.4) is 0 Å². The highest BCUT2D eigenvalue weighted by Crippen LogP contribution is 2.16. The molecule has 1 aliphatic heterocycles. The molecule has 0 aliphatic carbocycles. The Hall–Kier alpha value is -1.60. The topological polar surface area (TPSA) is 75.7 Å². The van der Waals surface area contributed by atoms with Crippen molar-refractivity contribution in [3.63, 3.8) is 0 Å². The van der Waals surface area contributed by atoms with Crippen LogP contribution < -0.4 is 10.1 Å². The molecule has 0 saturated carbocycles. The molecule has 1 fully saturated rings. The number of hydrogen-bond acceptors (Lipinski definition) is 4. The summed E-state index contributed by atoms with van der Waals surface area (Å²) in [5.41, 5.74) is 1.17. The number of ether oxygens (including phenoxy) is 1. The van der Waals surface area contributed by atoms with E-state index in [1.54, 1.807) is 4.31 Å². The fourth-order valence-corrected chi connectivity index (χ4v) is 4.79. The lowest BCUT2D eigenvalue weighted by molar-refractivity contribution is -0.122. The van der Waals surface area contributed by atoms with Gasteiger partial charge in [-0.25, -0.2) is 12.7 Å². The zero-order chi connectivity index (χ0) is 19.7. The number of carbonyl (C=O) groups is 1. The standard InChI is InChI=1S/C20H32N2O4S/c1-3-15-27(24,25)22-12-10-18(11-13-22)21-20(23)9-4-5-14-26-19-8-6-7-17(2)16-19/h6-8,16,18H,3-5,9-15H2,1-2H3,(H,21,23). The lowest BCUT2D eigenvalue weighted by Gasteiger charge is -2.31. The van der Waals surface area contributed by atoms with Crippen molar-refractivity contribution in [1.82, 2.24) is 9.62 Å². The van der Waals surface area contributed by atoms with Crippen molar-refractivity contribution in [3.8, 4) is 5.75 Å². The van der Waals surface area contributed by atoms with E-state index in [4.69, 9.17) is 4.74 Å². The number of carbonyl (C=O) groups excluding carboxylic acids is 1. The fraction of sp³-hybridized carbons (Fsp3) is 0.650. The predicted molar refractivity (Wildman–Crippen MR) is 107 cm³/mol. The summed E-state index contributed by atoms with van der Waals surface area (Å²) in [6.07, 6.45) is 4.09. The molecule has 1 N–H and O–H groups in total. The van der Waals surface area contributed by atoms with Crippen LogP contribution in [-0.2, 0) is 14.8 Å². The number of sulfonamides is 1. The van der Waals surface area contributed by atoms with Crippen molar-refractivity contribution < 1.29 is 17.9 Å². The molecule has 2 rings (SSSR count). The van der Waals surface area contributed by atoms with Crippen LogP contribution in [0.4, 0.5) is 0 Å². The second kappa shape index (κ2) is 10.7. The molecule has 1 aromatic rings. The molecule has 7 heteroatoms. The molecule has 1 aromatic carbocycles. The summed E-state index contributed by atoms with van der Waals surface area (Å²) in [6, 6.07) is 8.01. The number of amides is 1. The molecule has 0 unspecified atom stereocenters. The smallest absolute Gasteiger partial charge is 0.220 e. The largest absolute Gasteiger partial charge is 0.494 e. The Morgan fingerprint density at radius 1 is 1.26 bits per heavy atom. The highest BCUT2D eigenvalue weighted by molar-refractivity contribution is 7.89. The van der Waals surface area contributed by atoms with Gasteiger partial charge in [-0.3, -0.25) is 4.79 Å². The minimum atomic E-state index is -3.12. The van der Waals surface area contributed by atoms with Crippen molar-refractivity contribution in [2.24, 2.45) is 0 Å². The number of piperidine rings is 1. The Kier molecular flexibility index (Phi) is 8.57. The van der Waals surface area contributed by atoms with Gasteiger partial charge in [0.1, 0.15) is 5.75 Å². The van der Waals surface area contributed by atoms with Gasteiger partial charge in [0.05, 0.1) is 12.4 Å². The summed E-state index contributed by atoms with van der Waals surface area (Å²) in [5, 5.41) is 3.04. The first-order valence-electron chi connectivity index (χ1n) is 9.87. The van der Waals surface area contributed by atoms with Crippen LogP contribution in [0.15, 0.2) is 24.3 Å². The minimum Gasteiger partial charge on any atom is -0.494 e. The van der Waals surface area contributed by atoms with Crippen LogP contribution in [0.1, 0.15) is 51.0 Å². The molecule has 1 amide bonds. The Bertz CT molecular complexity index is 698. The van der Waals surface area contributed by atoms with E-state index in [1.165, 1.54) is 5.56 Å². The van der Waals surface area contributed by atoms with Gasteiger partial charge < -0.3 is 10.1 Å². The van der Waals surface area contributed by atoms with Crippen LogP contribution in [0.2, 0.25) is 0 Å². The third-order valence-corrected chi connectivity index (χ3v) is 6.81. The van der Waals surface area contributed by atoms with E-state index in [9.17, 15) is 13.2 Å². The van der Waals surface area contributed by atoms with Crippen LogP contribution >= 0.6 is 0 Å². The van der Waals surface area contributed by atoms with Gasteiger partial charge >= 0.3 is 0 Å². The summed E-state index contributed by atoms with van der Waals surface area (Å²) in [5.74, 6) is 1.11. The maximum Gasteiger partial charge on any atom is 0.220 e. The van der Waals surface area contributed by atoms with Crippen molar-refractivity contribution in [2.75, 3.05) is 25.4 Å². The molecule has 0 radical (unpaired) electrons. The first kappa shape index (κ1) is 21.7. The van der Waals surface area contributed by atoms with Crippen LogP contribution in [-0.4, -0.2) is 50.1 Å². The van der Waals surface area contributed by atoms with Crippen molar-refractivity contribution in [3.05, 3.63) is 29.8 Å². The van der Waals surface area contributed by atoms with E-state index in [2.05, 4.69) is 5.32 Å². The number of nitrogens with zero attached hydrogens (tertiary/aromatic N) is 1. The summed E-state index contributed by atoms with van der Waals surface area (Å²) in [6.45, 7) is 5.50. The molecule has 0 atom stereocenters. The number of benzene rings is 1. The first-order valence-corrected chi connectivity index (χ1v) is 11.5. The van der Waals surface area contributed by atoms with Crippen molar-refractivity contribution in [1.29, 1.82) is 0 Å². The van der Waals surface area contributed by atoms with Crippen LogP contribution in [0.5, 0.6) is 5.75 Å². The molecular formula is C20H32N2O4S. The molecule has 27 heavy (non-hydrogen) atoms. The summed E-state index contributed by atoms with van der Waals surface area (Å²) in [4.78, 5) is 12.1. The highest BCUT2D eigenvalue weighted by Gasteiger charge is 2.27. The zero-order valence-electron chi connectivity index (χ0n) is 16.4. The maximum absolute atomic E-state index is 12.1. The molecule has 0 spiro atoms. The number of nitrogens with one attached hydrogen (secondary N) is 1. The Balaban J connectivity index is 1.59. The van der Waals surface area contributed by atoms with E-state index in [1.807, 2.05) is 38.1 Å². The lowest BCUT2D eigenvalue weighted by atomic mass is 10.1. The number of aryl methyl sites for hydroxylation is 1. The molecule has 6 nitrogen and oxygen atoms in total. The van der Waals surface area contributed by atoms with Crippen LogP contribution in [0.25, 0.3) is 0 Å². The van der Waals surface area contributed by atoms with Crippen LogP contribution in [0, 0.1) is 6.92 Å². The predicted octanol–water partition coefficient (Wildman–Crippen LogP) is 2.86. The van der Waals surface area contributed by atoms with E-state index in [0.29, 0.717) is 45.4 Å². The molecular weight excluding hydrogens is 364 g/mol. The summed E-state index contributed by atoms with van der Waals surface area (Å²) < 4.78 is 31.4. The number of hydrogen-bond donors (Lipinski definition) is 1. The van der Waals surface area contributed by atoms with E-state index < -0.39 is 10.0 Å². The molecule has 0 bridgehead atoms. The van der Waals surface area contributed by atoms with Gasteiger partial charge in [-0.2, -0.15) is 0 Å². The quantitative estimate of drug-likeness (QED) is 0.617. The monoisotopic (exact) mass is 396 g/mol. The average Bonchev–Trinajstić information content (AvgIpc) is 2.62. The van der Waals surface area contributed by atoms with Gasteiger partial charge in [-0.15, -0.1) is 0 Å². The van der Waals surface area contributed by atoms with Gasteiger partial charge in [-0.1, -0.05) is 19.1 Å². The SMILES string of the molecule is CCCS(=O)(=O)N1CCC(NC(=O)CCCCOc2cccc(C)c2)CC1. The second-order valence-electron chi connectivity index (χ2n) is 7.18. The maximum atomic E-state index is 12.1.